The standard InChI is InChI=1S/C30H36F3N5O4S/c1-4-42-27(39)23-22(36-25(26-35-10-11-43-26)37-24(23)20-6-5-7-21(31)17(20)2)15-38-16-30(32,33)14-19(38)8-9-34-18-12-29(3,13-18)28(40)41/h5-7,10-11,18-19,24,34H,4,8-9,12-16H2,1-3H3,(H,36,37)(H,40,41)/t18?,19-,24-,29?/m0/s1. The lowest BCUT2D eigenvalue weighted by molar-refractivity contribution is -0.154. The van der Waals surface area contributed by atoms with Crippen LogP contribution in [0.25, 0.3) is 0 Å². The largest absolute Gasteiger partial charge is 0.481 e. The van der Waals surface area contributed by atoms with Crippen LogP contribution in [0.2, 0.25) is 0 Å². The number of amidine groups is 1. The molecule has 0 unspecified atom stereocenters. The van der Waals surface area contributed by atoms with Crippen molar-refractivity contribution < 1.29 is 32.6 Å². The molecule has 43 heavy (non-hydrogen) atoms. The van der Waals surface area contributed by atoms with E-state index in [-0.39, 0.29) is 31.2 Å². The predicted molar refractivity (Wildman–Crippen MR) is 156 cm³/mol. The van der Waals surface area contributed by atoms with Gasteiger partial charge in [0, 0.05) is 42.3 Å². The van der Waals surface area contributed by atoms with Crippen LogP contribution in [0.3, 0.4) is 0 Å². The summed E-state index contributed by atoms with van der Waals surface area (Å²) in [7, 11) is 0. The molecule has 5 rings (SSSR count). The Morgan fingerprint density at radius 1 is 1.28 bits per heavy atom. The minimum atomic E-state index is -2.92. The highest BCUT2D eigenvalue weighted by atomic mass is 32.1. The van der Waals surface area contributed by atoms with Gasteiger partial charge in [0.25, 0.3) is 5.92 Å². The topological polar surface area (TPSA) is 116 Å². The monoisotopic (exact) mass is 619 g/mol. The Balaban J connectivity index is 1.43. The molecule has 2 aromatic rings. The van der Waals surface area contributed by atoms with E-state index in [4.69, 9.17) is 9.73 Å². The molecule has 3 heterocycles. The van der Waals surface area contributed by atoms with Crippen LogP contribution < -0.4 is 10.6 Å². The van der Waals surface area contributed by atoms with Crippen molar-refractivity contribution in [2.24, 2.45) is 10.4 Å². The predicted octanol–water partition coefficient (Wildman–Crippen LogP) is 4.44. The molecule has 2 atom stereocenters. The normalized spacial score (nSPS) is 26.9. The van der Waals surface area contributed by atoms with Crippen molar-refractivity contribution in [1.29, 1.82) is 0 Å². The number of rotatable bonds is 11. The first kappa shape index (κ1) is 31.1. The quantitative estimate of drug-likeness (QED) is 0.316. The van der Waals surface area contributed by atoms with E-state index in [0.29, 0.717) is 53.5 Å². The van der Waals surface area contributed by atoms with Gasteiger partial charge in [-0.3, -0.25) is 14.7 Å². The van der Waals surface area contributed by atoms with Crippen LogP contribution in [0.5, 0.6) is 0 Å². The molecule has 0 bridgehead atoms. The number of aromatic nitrogens is 1. The summed E-state index contributed by atoms with van der Waals surface area (Å²) in [5.41, 5.74) is 0.548. The van der Waals surface area contributed by atoms with Crippen molar-refractivity contribution in [2.45, 2.75) is 70.5 Å². The third kappa shape index (κ3) is 6.63. The number of alkyl halides is 2. The van der Waals surface area contributed by atoms with Crippen LogP contribution in [0.1, 0.15) is 61.7 Å². The maximum absolute atomic E-state index is 14.8. The summed E-state index contributed by atoms with van der Waals surface area (Å²) in [5.74, 6) is -4.50. The Labute approximate surface area is 252 Å². The second-order valence-corrected chi connectivity index (χ2v) is 12.6. The van der Waals surface area contributed by atoms with E-state index in [1.807, 2.05) is 0 Å². The maximum Gasteiger partial charge on any atom is 0.338 e. The number of aliphatic imine (C=N–C) groups is 1. The zero-order valence-electron chi connectivity index (χ0n) is 24.3. The third-order valence-electron chi connectivity index (χ3n) is 8.53. The summed E-state index contributed by atoms with van der Waals surface area (Å²) in [4.78, 5) is 35.6. The average Bonchev–Trinajstić information content (AvgIpc) is 3.56. The number of ether oxygens (including phenoxy) is 1. The fraction of sp³-hybridized carbons (Fsp3) is 0.533. The number of nitrogens with one attached hydrogen (secondary N) is 2. The molecule has 2 aliphatic heterocycles. The van der Waals surface area contributed by atoms with Crippen molar-refractivity contribution in [3.63, 3.8) is 0 Å². The Bertz CT molecular complexity index is 1420. The van der Waals surface area contributed by atoms with Crippen LogP contribution in [-0.4, -0.2) is 77.0 Å². The molecule has 3 aliphatic rings. The van der Waals surface area contributed by atoms with Gasteiger partial charge in [0.05, 0.1) is 24.1 Å². The molecule has 0 radical (unpaired) electrons. The smallest absolute Gasteiger partial charge is 0.338 e. The summed E-state index contributed by atoms with van der Waals surface area (Å²) < 4.78 is 49.8. The molecular weight excluding hydrogens is 583 g/mol. The van der Waals surface area contributed by atoms with Gasteiger partial charge in [0.2, 0.25) is 0 Å². The van der Waals surface area contributed by atoms with Gasteiger partial charge in [-0.2, -0.15) is 0 Å². The van der Waals surface area contributed by atoms with Gasteiger partial charge in [-0.1, -0.05) is 12.1 Å². The number of carboxylic acid groups (broad SMARTS) is 1. The summed E-state index contributed by atoms with van der Waals surface area (Å²) in [5, 5.41) is 18.2. The Kier molecular flexibility index (Phi) is 8.96. The van der Waals surface area contributed by atoms with E-state index in [9.17, 15) is 27.9 Å². The molecule has 2 fully saturated rings. The number of hydrogen-bond acceptors (Lipinski definition) is 9. The summed E-state index contributed by atoms with van der Waals surface area (Å²) in [6.07, 6.45) is 2.67. The lowest BCUT2D eigenvalue weighted by Crippen LogP contribution is -2.52. The number of likely N-dealkylation sites (tertiary alicyclic amines) is 1. The number of carbonyl (C=O) groups excluding carboxylic acids is 1. The van der Waals surface area contributed by atoms with Crippen LogP contribution in [-0.2, 0) is 14.3 Å². The number of thiazole rings is 1. The van der Waals surface area contributed by atoms with Crippen molar-refractivity contribution >= 4 is 29.1 Å². The van der Waals surface area contributed by atoms with Gasteiger partial charge >= 0.3 is 11.9 Å². The van der Waals surface area contributed by atoms with Gasteiger partial charge in [0.15, 0.2) is 10.8 Å². The number of benzene rings is 1. The Morgan fingerprint density at radius 2 is 2.05 bits per heavy atom. The van der Waals surface area contributed by atoms with Gasteiger partial charge < -0.3 is 20.5 Å². The molecule has 13 heteroatoms. The van der Waals surface area contributed by atoms with Crippen LogP contribution >= 0.6 is 11.3 Å². The number of carboxylic acids is 1. The average molecular weight is 620 g/mol. The van der Waals surface area contributed by atoms with Gasteiger partial charge in [0.1, 0.15) is 11.9 Å². The molecule has 1 aromatic heterocycles. The van der Waals surface area contributed by atoms with Crippen LogP contribution in [0, 0.1) is 18.2 Å². The second kappa shape index (κ2) is 12.4. The molecule has 1 saturated heterocycles. The molecule has 0 amide bonds. The Hall–Kier alpha value is -3.29. The molecule has 9 nitrogen and oxygen atoms in total. The van der Waals surface area contributed by atoms with Crippen LogP contribution in [0.4, 0.5) is 13.2 Å². The summed E-state index contributed by atoms with van der Waals surface area (Å²) in [6, 6.07) is 3.17. The lowest BCUT2D eigenvalue weighted by atomic mass is 9.67. The number of hydrogen-bond donors (Lipinski definition) is 3. The highest BCUT2D eigenvalue weighted by molar-refractivity contribution is 7.11. The number of carbonyl (C=O) groups is 2. The van der Waals surface area contributed by atoms with Crippen molar-refractivity contribution in [3.8, 4) is 0 Å². The van der Waals surface area contributed by atoms with Crippen molar-refractivity contribution in [2.75, 3.05) is 26.2 Å². The summed E-state index contributed by atoms with van der Waals surface area (Å²) >= 11 is 1.33. The van der Waals surface area contributed by atoms with E-state index >= 15 is 0 Å². The van der Waals surface area contributed by atoms with Gasteiger partial charge in [-0.15, -0.1) is 11.3 Å². The fourth-order valence-electron chi connectivity index (χ4n) is 6.20. The first-order valence-electron chi connectivity index (χ1n) is 14.4. The number of esters is 1. The molecule has 1 saturated carbocycles. The van der Waals surface area contributed by atoms with Crippen LogP contribution in [0.15, 0.2) is 46.0 Å². The van der Waals surface area contributed by atoms with E-state index < -0.39 is 47.7 Å². The van der Waals surface area contributed by atoms with Gasteiger partial charge in [-0.25, -0.2) is 22.9 Å². The van der Waals surface area contributed by atoms with Gasteiger partial charge in [-0.05, 0) is 63.8 Å². The molecule has 3 N–H and O–H groups in total. The van der Waals surface area contributed by atoms with E-state index in [2.05, 4.69) is 15.6 Å². The lowest BCUT2D eigenvalue weighted by Gasteiger charge is -2.42. The molecule has 1 aliphatic carbocycles. The number of halogens is 3. The summed E-state index contributed by atoms with van der Waals surface area (Å²) in [6.45, 7) is 5.03. The highest BCUT2D eigenvalue weighted by Crippen LogP contribution is 2.41. The molecule has 1 aromatic carbocycles. The maximum atomic E-state index is 14.8. The highest BCUT2D eigenvalue weighted by Gasteiger charge is 2.48. The Morgan fingerprint density at radius 3 is 2.72 bits per heavy atom. The fourth-order valence-corrected chi connectivity index (χ4v) is 6.79. The molecule has 0 spiro atoms. The van der Waals surface area contributed by atoms with Crippen molar-refractivity contribution in [3.05, 3.63) is 63.0 Å². The zero-order valence-corrected chi connectivity index (χ0v) is 25.1. The van der Waals surface area contributed by atoms with E-state index in [1.165, 1.54) is 17.4 Å². The second-order valence-electron chi connectivity index (χ2n) is 11.7. The van der Waals surface area contributed by atoms with E-state index in [0.717, 1.165) is 0 Å². The van der Waals surface area contributed by atoms with E-state index in [1.54, 1.807) is 49.4 Å². The minimum absolute atomic E-state index is 0.00975. The molecular formula is C30H36F3N5O4S. The number of aliphatic carboxylic acids is 1. The SMILES string of the molecule is CCOC(=O)C1=C(CN2CC(F)(F)C[C@@H]2CCNC2CC(C)(C(=O)O)C2)NC(c2nccs2)=N[C@H]1c1cccc(F)c1C. The third-order valence-corrected chi connectivity index (χ3v) is 9.31. The zero-order chi connectivity index (χ0) is 30.9. The minimum Gasteiger partial charge on any atom is -0.481 e. The number of nitrogens with zero attached hydrogens (tertiary/aromatic N) is 3. The first-order chi connectivity index (χ1) is 20.4. The first-order valence-corrected chi connectivity index (χ1v) is 15.3. The molecule has 232 valence electrons. The van der Waals surface area contributed by atoms with Crippen molar-refractivity contribution in [1.82, 2.24) is 20.5 Å².